The maximum atomic E-state index is 12.4. The van der Waals surface area contributed by atoms with Gasteiger partial charge in [-0.1, -0.05) is 59.8 Å². The van der Waals surface area contributed by atoms with E-state index in [1.807, 2.05) is 65.2 Å². The first kappa shape index (κ1) is 20.5. The van der Waals surface area contributed by atoms with Crippen LogP contribution in [0.15, 0.2) is 95.0 Å². The molecule has 3 aromatic heterocycles. The molecule has 2 aromatic carbocycles. The fraction of sp³-hybridized carbons (Fsp3) is 0.0833. The summed E-state index contributed by atoms with van der Waals surface area (Å²) in [5.74, 6) is 1.32. The first-order valence-electron chi connectivity index (χ1n) is 10.0. The molecular formula is C24H18ClN5OS. The van der Waals surface area contributed by atoms with E-state index in [0.29, 0.717) is 28.5 Å². The lowest BCUT2D eigenvalue weighted by Crippen LogP contribution is -2.14. The standard InChI is InChI=1S/C24H18ClN5OS/c25-18-9-11-20(12-10-18)30-22(14-17-6-2-1-3-7-17)27-28-24(30)32-16-19-15-23(31)29-13-5-4-8-21(29)26-19/h1-13,15H,14,16H2. The summed E-state index contributed by atoms with van der Waals surface area (Å²) in [6, 6.07) is 24.8. The van der Waals surface area contributed by atoms with Crippen LogP contribution < -0.4 is 5.56 Å². The molecule has 158 valence electrons. The van der Waals surface area contributed by atoms with E-state index in [9.17, 15) is 4.79 Å². The zero-order chi connectivity index (χ0) is 21.9. The third-order valence-corrected chi connectivity index (χ3v) is 6.18. The van der Waals surface area contributed by atoms with E-state index in [4.69, 9.17) is 11.6 Å². The second-order valence-electron chi connectivity index (χ2n) is 7.18. The highest BCUT2D eigenvalue weighted by atomic mass is 35.5. The molecule has 5 aromatic rings. The van der Waals surface area contributed by atoms with Gasteiger partial charge in [-0.15, -0.1) is 10.2 Å². The molecule has 32 heavy (non-hydrogen) atoms. The van der Waals surface area contributed by atoms with E-state index in [1.54, 1.807) is 12.3 Å². The van der Waals surface area contributed by atoms with E-state index in [-0.39, 0.29) is 5.56 Å². The van der Waals surface area contributed by atoms with Crippen LogP contribution in [-0.4, -0.2) is 24.1 Å². The van der Waals surface area contributed by atoms with Crippen LogP contribution in [0.4, 0.5) is 0 Å². The molecule has 0 saturated carbocycles. The number of hydrogen-bond donors (Lipinski definition) is 0. The number of benzene rings is 2. The van der Waals surface area contributed by atoms with Gasteiger partial charge in [0.25, 0.3) is 5.56 Å². The maximum absolute atomic E-state index is 12.4. The molecule has 0 bridgehead atoms. The minimum Gasteiger partial charge on any atom is -0.274 e. The molecule has 0 spiro atoms. The van der Waals surface area contributed by atoms with Gasteiger partial charge in [-0.3, -0.25) is 13.8 Å². The molecule has 0 fully saturated rings. The number of nitrogens with zero attached hydrogens (tertiary/aromatic N) is 5. The summed E-state index contributed by atoms with van der Waals surface area (Å²) in [6.45, 7) is 0. The zero-order valence-electron chi connectivity index (χ0n) is 16.9. The monoisotopic (exact) mass is 459 g/mol. The van der Waals surface area contributed by atoms with Gasteiger partial charge in [0.2, 0.25) is 0 Å². The topological polar surface area (TPSA) is 65.1 Å². The fourth-order valence-corrected chi connectivity index (χ4v) is 4.44. The molecule has 0 N–H and O–H groups in total. The molecule has 0 atom stereocenters. The number of aromatic nitrogens is 5. The predicted molar refractivity (Wildman–Crippen MR) is 127 cm³/mol. The molecule has 0 unspecified atom stereocenters. The second kappa shape index (κ2) is 8.98. The Bertz CT molecular complexity index is 1430. The van der Waals surface area contributed by atoms with Crippen molar-refractivity contribution in [1.29, 1.82) is 0 Å². The Morgan fingerprint density at radius 3 is 2.50 bits per heavy atom. The minimum atomic E-state index is -0.102. The lowest BCUT2D eigenvalue weighted by molar-refractivity contribution is 0.847. The molecule has 6 nitrogen and oxygen atoms in total. The zero-order valence-corrected chi connectivity index (χ0v) is 18.5. The summed E-state index contributed by atoms with van der Waals surface area (Å²) >= 11 is 7.59. The molecule has 0 aliphatic carbocycles. The van der Waals surface area contributed by atoms with Gasteiger partial charge in [-0.2, -0.15) is 0 Å². The third kappa shape index (κ3) is 4.30. The van der Waals surface area contributed by atoms with Gasteiger partial charge >= 0.3 is 0 Å². The SMILES string of the molecule is O=c1cc(CSc2nnc(Cc3ccccc3)n2-c2ccc(Cl)cc2)nc2ccccn12. The highest BCUT2D eigenvalue weighted by Crippen LogP contribution is 2.26. The molecule has 0 aliphatic rings. The van der Waals surface area contributed by atoms with Crippen LogP contribution in [0.5, 0.6) is 0 Å². The first-order chi connectivity index (χ1) is 15.7. The highest BCUT2D eigenvalue weighted by Gasteiger charge is 2.16. The molecule has 3 heterocycles. The van der Waals surface area contributed by atoms with Gasteiger partial charge in [0.05, 0.1) is 5.69 Å². The molecular weight excluding hydrogens is 442 g/mol. The van der Waals surface area contributed by atoms with Crippen LogP contribution in [0, 0.1) is 0 Å². The molecule has 8 heteroatoms. The van der Waals surface area contributed by atoms with Crippen molar-refractivity contribution in [2.24, 2.45) is 0 Å². The van der Waals surface area contributed by atoms with Crippen molar-refractivity contribution in [1.82, 2.24) is 24.1 Å². The number of fused-ring (bicyclic) bond motifs is 1. The summed E-state index contributed by atoms with van der Waals surface area (Å²) in [6.07, 6.45) is 2.36. The number of rotatable bonds is 6. The lowest BCUT2D eigenvalue weighted by atomic mass is 10.1. The summed E-state index contributed by atoms with van der Waals surface area (Å²) in [7, 11) is 0. The summed E-state index contributed by atoms with van der Waals surface area (Å²) in [4.78, 5) is 17.0. The van der Waals surface area contributed by atoms with E-state index in [1.165, 1.54) is 16.2 Å². The van der Waals surface area contributed by atoms with Crippen molar-refractivity contribution >= 4 is 29.0 Å². The number of halogens is 1. The Kier molecular flexibility index (Phi) is 5.75. The van der Waals surface area contributed by atoms with Crippen LogP contribution in [0.25, 0.3) is 11.3 Å². The highest BCUT2D eigenvalue weighted by molar-refractivity contribution is 7.98. The van der Waals surface area contributed by atoms with Gasteiger partial charge in [0.1, 0.15) is 11.5 Å². The minimum absolute atomic E-state index is 0.102. The average Bonchev–Trinajstić information content (AvgIpc) is 3.21. The van der Waals surface area contributed by atoms with Crippen molar-refractivity contribution in [3.63, 3.8) is 0 Å². The van der Waals surface area contributed by atoms with Crippen molar-refractivity contribution < 1.29 is 0 Å². The predicted octanol–water partition coefficient (Wildman–Crippen LogP) is 4.81. The number of hydrogen-bond acceptors (Lipinski definition) is 5. The Morgan fingerprint density at radius 1 is 0.906 bits per heavy atom. The molecule has 5 rings (SSSR count). The Hall–Kier alpha value is -3.42. The van der Waals surface area contributed by atoms with Crippen LogP contribution in [0.2, 0.25) is 5.02 Å². The lowest BCUT2D eigenvalue weighted by Gasteiger charge is -2.11. The van der Waals surface area contributed by atoms with Gasteiger partial charge < -0.3 is 0 Å². The smallest absolute Gasteiger partial charge is 0.258 e. The molecule has 0 amide bonds. The Balaban J connectivity index is 1.48. The fourth-order valence-electron chi connectivity index (χ4n) is 3.45. The molecule has 0 radical (unpaired) electrons. The summed E-state index contributed by atoms with van der Waals surface area (Å²) in [5.41, 5.74) is 3.30. The normalized spacial score (nSPS) is 11.2. The average molecular weight is 460 g/mol. The maximum Gasteiger partial charge on any atom is 0.258 e. The second-order valence-corrected chi connectivity index (χ2v) is 8.56. The number of thioether (sulfide) groups is 1. The van der Waals surface area contributed by atoms with Crippen LogP contribution in [-0.2, 0) is 12.2 Å². The van der Waals surface area contributed by atoms with E-state index < -0.39 is 0 Å². The Labute approximate surface area is 193 Å². The molecule has 0 aliphatic heterocycles. The van der Waals surface area contributed by atoms with Crippen LogP contribution >= 0.6 is 23.4 Å². The quantitative estimate of drug-likeness (QED) is 0.341. The van der Waals surface area contributed by atoms with Gasteiger partial charge in [0.15, 0.2) is 5.16 Å². The van der Waals surface area contributed by atoms with E-state index >= 15 is 0 Å². The van der Waals surface area contributed by atoms with E-state index in [2.05, 4.69) is 27.3 Å². The summed E-state index contributed by atoms with van der Waals surface area (Å²) < 4.78 is 3.56. The third-order valence-electron chi connectivity index (χ3n) is 4.96. The summed E-state index contributed by atoms with van der Waals surface area (Å²) in [5, 5.41) is 10.3. The largest absolute Gasteiger partial charge is 0.274 e. The molecule has 0 saturated heterocycles. The van der Waals surface area contributed by atoms with Gasteiger partial charge in [-0.05, 0) is 42.0 Å². The van der Waals surface area contributed by atoms with Crippen molar-refractivity contribution in [3.05, 3.63) is 118 Å². The van der Waals surface area contributed by atoms with Crippen molar-refractivity contribution in [2.75, 3.05) is 0 Å². The Morgan fingerprint density at radius 2 is 1.69 bits per heavy atom. The van der Waals surface area contributed by atoms with E-state index in [0.717, 1.165) is 22.2 Å². The van der Waals surface area contributed by atoms with Crippen LogP contribution in [0.1, 0.15) is 17.1 Å². The first-order valence-corrected chi connectivity index (χ1v) is 11.4. The van der Waals surface area contributed by atoms with Gasteiger partial charge in [0, 0.05) is 35.1 Å². The van der Waals surface area contributed by atoms with Gasteiger partial charge in [-0.25, -0.2) is 4.98 Å². The van der Waals surface area contributed by atoms with Crippen molar-refractivity contribution in [2.45, 2.75) is 17.3 Å². The van der Waals surface area contributed by atoms with Crippen molar-refractivity contribution in [3.8, 4) is 5.69 Å². The number of pyridine rings is 1. The van der Waals surface area contributed by atoms with Crippen LogP contribution in [0.3, 0.4) is 0 Å².